The van der Waals surface area contributed by atoms with Crippen molar-refractivity contribution in [2.45, 2.75) is 76.7 Å². The van der Waals surface area contributed by atoms with Crippen LogP contribution in [0, 0.1) is 18.8 Å². The summed E-state index contributed by atoms with van der Waals surface area (Å²) < 4.78 is 11.1. The summed E-state index contributed by atoms with van der Waals surface area (Å²) in [5.41, 5.74) is 3.28. The fourth-order valence-corrected chi connectivity index (χ4v) is 6.68. The molecule has 7 nitrogen and oxygen atoms in total. The SMILES string of the molecule is COc1cc([C@@H](CC(=O)N[C@H]2[C@H]3CCC[C@H]2C2=C(CCCC2)C3)c2oc(C)cc(=O)c2O)ccc1O. The molecular weight excluding hydrogens is 458 g/mol. The van der Waals surface area contributed by atoms with Gasteiger partial charge in [-0.15, -0.1) is 0 Å². The molecular formula is C29H35NO6. The van der Waals surface area contributed by atoms with E-state index < -0.39 is 17.1 Å². The number of amides is 1. The zero-order valence-corrected chi connectivity index (χ0v) is 21.0. The minimum Gasteiger partial charge on any atom is -0.504 e. The van der Waals surface area contributed by atoms with Gasteiger partial charge in [0, 0.05) is 24.4 Å². The van der Waals surface area contributed by atoms with Crippen LogP contribution in [0.15, 0.2) is 44.6 Å². The molecule has 7 heteroatoms. The Morgan fingerprint density at radius 1 is 1.17 bits per heavy atom. The lowest BCUT2D eigenvalue weighted by Crippen LogP contribution is -2.51. The lowest BCUT2D eigenvalue weighted by molar-refractivity contribution is -0.123. The Morgan fingerprint density at radius 2 is 1.97 bits per heavy atom. The molecule has 0 unspecified atom stereocenters. The van der Waals surface area contributed by atoms with Crippen LogP contribution in [0.25, 0.3) is 0 Å². The van der Waals surface area contributed by atoms with Crippen LogP contribution in [0.5, 0.6) is 17.2 Å². The molecule has 1 saturated carbocycles. The summed E-state index contributed by atoms with van der Waals surface area (Å²) in [4.78, 5) is 25.9. The third-order valence-electron chi connectivity index (χ3n) is 8.33. The fourth-order valence-electron chi connectivity index (χ4n) is 6.68. The van der Waals surface area contributed by atoms with Crippen molar-refractivity contribution in [2.24, 2.45) is 11.8 Å². The maximum absolute atomic E-state index is 13.6. The largest absolute Gasteiger partial charge is 0.504 e. The van der Waals surface area contributed by atoms with E-state index in [1.807, 2.05) is 0 Å². The predicted molar refractivity (Wildman–Crippen MR) is 135 cm³/mol. The number of methoxy groups -OCH3 is 1. The first kappa shape index (κ1) is 24.5. The molecule has 3 aliphatic carbocycles. The zero-order chi connectivity index (χ0) is 25.4. The van der Waals surface area contributed by atoms with Crippen LogP contribution in [0.4, 0.5) is 0 Å². The molecule has 0 spiro atoms. The van der Waals surface area contributed by atoms with Crippen molar-refractivity contribution < 1.29 is 24.2 Å². The maximum Gasteiger partial charge on any atom is 0.227 e. The second-order valence-electron chi connectivity index (χ2n) is 10.6. The Balaban J connectivity index is 1.45. The molecule has 0 saturated heterocycles. The third-order valence-corrected chi connectivity index (χ3v) is 8.33. The van der Waals surface area contributed by atoms with E-state index in [1.54, 1.807) is 30.2 Å². The van der Waals surface area contributed by atoms with Gasteiger partial charge in [0.15, 0.2) is 17.3 Å². The monoisotopic (exact) mass is 493 g/mol. The van der Waals surface area contributed by atoms with E-state index in [4.69, 9.17) is 9.15 Å². The molecule has 1 aromatic carbocycles. The molecule has 2 bridgehead atoms. The Bertz CT molecular complexity index is 1240. The summed E-state index contributed by atoms with van der Waals surface area (Å²) in [7, 11) is 1.45. The van der Waals surface area contributed by atoms with Crippen LogP contribution in [0.1, 0.15) is 80.8 Å². The molecule has 36 heavy (non-hydrogen) atoms. The number of benzene rings is 1. The van der Waals surface area contributed by atoms with E-state index in [1.165, 1.54) is 44.9 Å². The summed E-state index contributed by atoms with van der Waals surface area (Å²) in [6, 6.07) is 6.10. The summed E-state index contributed by atoms with van der Waals surface area (Å²) in [5, 5.41) is 24.0. The second-order valence-corrected chi connectivity index (χ2v) is 10.6. The molecule has 4 atom stereocenters. The molecule has 1 aromatic heterocycles. The minimum atomic E-state index is -0.722. The van der Waals surface area contributed by atoms with Gasteiger partial charge < -0.3 is 24.7 Å². The zero-order valence-electron chi connectivity index (χ0n) is 21.0. The first-order valence-electron chi connectivity index (χ1n) is 13.1. The lowest BCUT2D eigenvalue weighted by atomic mass is 9.63. The average Bonchev–Trinajstić information content (AvgIpc) is 2.85. The van der Waals surface area contributed by atoms with Crippen LogP contribution in [-0.4, -0.2) is 29.3 Å². The number of carbonyl (C=O) groups is 1. The van der Waals surface area contributed by atoms with Gasteiger partial charge in [-0.05, 0) is 75.5 Å². The Hall–Kier alpha value is -3.22. The van der Waals surface area contributed by atoms with Gasteiger partial charge in [-0.1, -0.05) is 23.6 Å². The first-order valence-corrected chi connectivity index (χ1v) is 13.1. The molecule has 0 radical (unpaired) electrons. The van der Waals surface area contributed by atoms with Crippen LogP contribution < -0.4 is 15.5 Å². The molecule has 2 aromatic rings. The summed E-state index contributed by atoms with van der Waals surface area (Å²) >= 11 is 0. The molecule has 1 heterocycles. The summed E-state index contributed by atoms with van der Waals surface area (Å²) in [6.07, 6.45) is 9.40. The number of fused-ring (bicyclic) bond motifs is 3. The Labute approximate surface area is 211 Å². The van der Waals surface area contributed by atoms with Gasteiger partial charge in [-0.3, -0.25) is 9.59 Å². The van der Waals surface area contributed by atoms with Gasteiger partial charge in [0.1, 0.15) is 5.76 Å². The maximum atomic E-state index is 13.6. The number of rotatable bonds is 6. The molecule has 3 aliphatic rings. The standard InChI is InChI=1S/C29H35NO6/c1-16-12-24(32)28(34)29(36-16)22(18-10-11-23(31)25(14-18)35-2)15-26(33)30-27-19-7-5-9-21(27)20-8-4-3-6-17(20)13-19/h10-12,14,19,21-22,27,31,34H,3-9,13,15H2,1-2H3,(H,30,33)/t19-,21-,22+,27-/m0/s1. The van der Waals surface area contributed by atoms with Gasteiger partial charge >= 0.3 is 0 Å². The first-order chi connectivity index (χ1) is 17.4. The molecule has 192 valence electrons. The van der Waals surface area contributed by atoms with Gasteiger partial charge in [0.2, 0.25) is 17.1 Å². The highest BCUT2D eigenvalue weighted by Crippen LogP contribution is 2.48. The normalized spacial score (nSPS) is 24.1. The van der Waals surface area contributed by atoms with Crippen molar-refractivity contribution in [1.29, 1.82) is 0 Å². The second kappa shape index (κ2) is 10.0. The van der Waals surface area contributed by atoms with Gasteiger partial charge in [0.25, 0.3) is 0 Å². The van der Waals surface area contributed by atoms with Crippen LogP contribution >= 0.6 is 0 Å². The highest BCUT2D eigenvalue weighted by Gasteiger charge is 2.42. The predicted octanol–water partition coefficient (Wildman–Crippen LogP) is 5.07. The van der Waals surface area contributed by atoms with Crippen molar-refractivity contribution >= 4 is 5.91 Å². The van der Waals surface area contributed by atoms with Crippen molar-refractivity contribution in [2.75, 3.05) is 7.11 Å². The Kier molecular flexibility index (Phi) is 6.82. The Morgan fingerprint density at radius 3 is 2.78 bits per heavy atom. The third kappa shape index (κ3) is 4.63. The number of aromatic hydroxyl groups is 2. The number of ether oxygens (including phenoxy) is 1. The minimum absolute atomic E-state index is 0.00424. The average molecular weight is 494 g/mol. The molecule has 3 N–H and O–H groups in total. The van der Waals surface area contributed by atoms with Crippen molar-refractivity contribution in [3.63, 3.8) is 0 Å². The van der Waals surface area contributed by atoms with E-state index in [9.17, 15) is 19.8 Å². The number of carbonyl (C=O) groups excluding carboxylic acids is 1. The smallest absolute Gasteiger partial charge is 0.227 e. The number of hydrogen-bond acceptors (Lipinski definition) is 6. The molecule has 0 aliphatic heterocycles. The van der Waals surface area contributed by atoms with Crippen LogP contribution in [-0.2, 0) is 4.79 Å². The van der Waals surface area contributed by atoms with E-state index in [0.717, 1.165) is 25.7 Å². The van der Waals surface area contributed by atoms with Crippen LogP contribution in [0.3, 0.4) is 0 Å². The summed E-state index contributed by atoms with van der Waals surface area (Å²) in [6.45, 7) is 1.64. The summed E-state index contributed by atoms with van der Waals surface area (Å²) in [5.74, 6) is 0.106. The number of aryl methyl sites for hydroxylation is 1. The van der Waals surface area contributed by atoms with E-state index in [2.05, 4.69) is 5.32 Å². The lowest BCUT2D eigenvalue weighted by Gasteiger charge is -2.46. The molecule has 5 rings (SSSR count). The molecule has 1 fully saturated rings. The number of phenols is 1. The highest BCUT2D eigenvalue weighted by molar-refractivity contribution is 5.78. The van der Waals surface area contributed by atoms with Gasteiger partial charge in [-0.25, -0.2) is 0 Å². The van der Waals surface area contributed by atoms with Crippen LogP contribution in [0.2, 0.25) is 0 Å². The quantitative estimate of drug-likeness (QED) is 0.485. The van der Waals surface area contributed by atoms with Crippen molar-refractivity contribution in [3.05, 3.63) is 62.7 Å². The van der Waals surface area contributed by atoms with Crippen molar-refractivity contribution in [1.82, 2.24) is 5.32 Å². The number of nitrogens with one attached hydrogen (secondary N) is 1. The number of hydrogen-bond donors (Lipinski definition) is 3. The van der Waals surface area contributed by atoms with E-state index in [0.29, 0.717) is 23.2 Å². The van der Waals surface area contributed by atoms with E-state index in [-0.39, 0.29) is 35.6 Å². The fraction of sp³-hybridized carbons (Fsp3) is 0.517. The van der Waals surface area contributed by atoms with Gasteiger partial charge in [-0.2, -0.15) is 0 Å². The number of allylic oxidation sites excluding steroid dienone is 1. The van der Waals surface area contributed by atoms with Crippen molar-refractivity contribution in [3.8, 4) is 17.2 Å². The van der Waals surface area contributed by atoms with Gasteiger partial charge in [0.05, 0.1) is 13.0 Å². The molecule has 1 amide bonds. The number of phenolic OH excluding ortho intramolecular Hbond substituents is 1. The highest BCUT2D eigenvalue weighted by atomic mass is 16.5. The van der Waals surface area contributed by atoms with E-state index >= 15 is 0 Å². The topological polar surface area (TPSA) is 109 Å².